The van der Waals surface area contributed by atoms with E-state index in [2.05, 4.69) is 5.32 Å². The Labute approximate surface area is 109 Å². The van der Waals surface area contributed by atoms with Gasteiger partial charge in [0.05, 0.1) is 11.5 Å². The minimum Gasteiger partial charge on any atom is -0.383 e. The summed E-state index contributed by atoms with van der Waals surface area (Å²) in [6.45, 7) is 2.05. The van der Waals surface area contributed by atoms with Gasteiger partial charge in [-0.25, -0.2) is 0 Å². The highest BCUT2D eigenvalue weighted by Gasteiger charge is 2.24. The van der Waals surface area contributed by atoms with Gasteiger partial charge in [-0.05, 0) is 19.1 Å². The summed E-state index contributed by atoms with van der Waals surface area (Å²) in [5, 5.41) is 13.4. The minimum atomic E-state index is -0.668. The number of benzene rings is 1. The summed E-state index contributed by atoms with van der Waals surface area (Å²) in [6.07, 6.45) is 0. The molecule has 1 aromatic rings. The van der Waals surface area contributed by atoms with Crippen LogP contribution in [0.25, 0.3) is 0 Å². The Bertz CT molecular complexity index is 464. The van der Waals surface area contributed by atoms with Crippen LogP contribution >= 0.6 is 11.6 Å². The fourth-order valence-electron chi connectivity index (χ4n) is 1.48. The number of carbonyl (C=O) groups excluding carboxylic acids is 1. The molecule has 1 unspecified atom stereocenters. The van der Waals surface area contributed by atoms with Crippen molar-refractivity contribution in [3.05, 3.63) is 38.9 Å². The highest BCUT2D eigenvalue weighted by Crippen LogP contribution is 2.28. The summed E-state index contributed by atoms with van der Waals surface area (Å²) in [4.78, 5) is 22.1. The van der Waals surface area contributed by atoms with Gasteiger partial charge in [-0.3, -0.25) is 14.9 Å². The van der Waals surface area contributed by atoms with E-state index in [-0.39, 0.29) is 22.3 Å². The second-order valence-corrected chi connectivity index (χ2v) is 4.13. The van der Waals surface area contributed by atoms with Crippen molar-refractivity contribution in [1.29, 1.82) is 0 Å². The molecule has 7 heteroatoms. The van der Waals surface area contributed by atoms with Gasteiger partial charge in [-0.15, -0.1) is 0 Å². The van der Waals surface area contributed by atoms with E-state index in [0.29, 0.717) is 6.61 Å². The van der Waals surface area contributed by atoms with E-state index in [1.54, 1.807) is 6.92 Å². The molecule has 0 aliphatic heterocycles. The number of carbonyl (C=O) groups is 1. The first-order chi connectivity index (χ1) is 8.47. The number of nitro groups is 1. The van der Waals surface area contributed by atoms with Crippen LogP contribution in [0.5, 0.6) is 0 Å². The van der Waals surface area contributed by atoms with Gasteiger partial charge >= 0.3 is 5.69 Å². The SMILES string of the molecule is COCC(C)NC(=O)c1cccc(Cl)c1[N+](=O)[O-]. The van der Waals surface area contributed by atoms with Crippen molar-refractivity contribution in [2.24, 2.45) is 0 Å². The zero-order valence-corrected chi connectivity index (χ0v) is 10.7. The van der Waals surface area contributed by atoms with E-state index in [4.69, 9.17) is 16.3 Å². The number of rotatable bonds is 5. The van der Waals surface area contributed by atoms with Crippen LogP contribution in [0, 0.1) is 10.1 Å². The standard InChI is InChI=1S/C11H13ClN2O4/c1-7(6-18-2)13-11(15)8-4-3-5-9(12)10(8)14(16)17/h3-5,7H,6H2,1-2H3,(H,13,15). The summed E-state index contributed by atoms with van der Waals surface area (Å²) >= 11 is 5.72. The van der Waals surface area contributed by atoms with Crippen molar-refractivity contribution in [3.63, 3.8) is 0 Å². The van der Waals surface area contributed by atoms with Gasteiger partial charge < -0.3 is 10.1 Å². The first kappa shape index (κ1) is 14.4. The minimum absolute atomic E-state index is 0.0598. The maximum Gasteiger partial charge on any atom is 0.300 e. The number of amides is 1. The second-order valence-electron chi connectivity index (χ2n) is 3.72. The zero-order chi connectivity index (χ0) is 13.7. The Hall–Kier alpha value is -1.66. The van der Waals surface area contributed by atoms with Crippen molar-refractivity contribution in [3.8, 4) is 0 Å². The third-order valence-corrected chi connectivity index (χ3v) is 2.51. The number of para-hydroxylation sites is 1. The number of nitrogens with zero attached hydrogens (tertiary/aromatic N) is 1. The molecule has 6 nitrogen and oxygen atoms in total. The molecule has 1 rings (SSSR count). The summed E-state index contributed by atoms with van der Waals surface area (Å²) in [5.41, 5.74) is -0.447. The number of hydrogen-bond acceptors (Lipinski definition) is 4. The predicted octanol–water partition coefficient (Wildman–Crippen LogP) is 2.01. The van der Waals surface area contributed by atoms with E-state index < -0.39 is 10.8 Å². The lowest BCUT2D eigenvalue weighted by Gasteiger charge is -2.12. The molecule has 1 N–H and O–H groups in total. The lowest BCUT2D eigenvalue weighted by molar-refractivity contribution is -0.385. The summed E-state index contributed by atoms with van der Waals surface area (Å²) < 4.78 is 4.87. The molecule has 0 saturated carbocycles. The molecule has 0 aromatic heterocycles. The molecular weight excluding hydrogens is 260 g/mol. The maximum absolute atomic E-state index is 11.9. The number of halogens is 1. The molecule has 18 heavy (non-hydrogen) atoms. The Morgan fingerprint density at radius 1 is 1.61 bits per heavy atom. The van der Waals surface area contributed by atoms with Crippen LogP contribution in [0.4, 0.5) is 5.69 Å². The van der Waals surface area contributed by atoms with Crippen LogP contribution in [-0.2, 0) is 4.74 Å². The van der Waals surface area contributed by atoms with E-state index >= 15 is 0 Å². The molecule has 0 fully saturated rings. The summed E-state index contributed by atoms with van der Waals surface area (Å²) in [6, 6.07) is 3.97. The van der Waals surface area contributed by atoms with Crippen LogP contribution in [0.15, 0.2) is 18.2 Å². The van der Waals surface area contributed by atoms with Gasteiger partial charge in [-0.1, -0.05) is 17.7 Å². The molecule has 0 heterocycles. The first-order valence-electron chi connectivity index (χ1n) is 5.20. The second kappa shape index (κ2) is 6.32. The highest BCUT2D eigenvalue weighted by molar-refractivity contribution is 6.33. The van der Waals surface area contributed by atoms with Gasteiger partial charge in [0.1, 0.15) is 10.6 Å². The molecule has 0 spiro atoms. The quantitative estimate of drug-likeness (QED) is 0.657. The predicted molar refractivity (Wildman–Crippen MR) is 66.9 cm³/mol. The van der Waals surface area contributed by atoms with Crippen LogP contribution < -0.4 is 5.32 Å². The molecular formula is C11H13ClN2O4. The number of methoxy groups -OCH3 is 1. The maximum atomic E-state index is 11.9. The summed E-state index contributed by atoms with van der Waals surface area (Å²) in [5.74, 6) is -0.547. The van der Waals surface area contributed by atoms with Gasteiger partial charge in [0.25, 0.3) is 5.91 Å². The fraction of sp³-hybridized carbons (Fsp3) is 0.364. The van der Waals surface area contributed by atoms with Crippen LogP contribution in [0.1, 0.15) is 17.3 Å². The lowest BCUT2D eigenvalue weighted by Crippen LogP contribution is -2.35. The molecule has 0 aliphatic rings. The number of nitrogens with one attached hydrogen (secondary N) is 1. The third-order valence-electron chi connectivity index (χ3n) is 2.21. The van der Waals surface area contributed by atoms with Crippen LogP contribution in [0.2, 0.25) is 5.02 Å². The summed E-state index contributed by atoms with van der Waals surface area (Å²) in [7, 11) is 1.50. The van der Waals surface area contributed by atoms with Crippen LogP contribution in [-0.4, -0.2) is 30.6 Å². The van der Waals surface area contributed by atoms with E-state index in [0.717, 1.165) is 0 Å². The molecule has 1 aromatic carbocycles. The van der Waals surface area contributed by atoms with Crippen molar-refractivity contribution < 1.29 is 14.5 Å². The van der Waals surface area contributed by atoms with E-state index in [9.17, 15) is 14.9 Å². The molecule has 98 valence electrons. The Morgan fingerprint density at radius 2 is 2.28 bits per heavy atom. The molecule has 0 aliphatic carbocycles. The van der Waals surface area contributed by atoms with Crippen molar-refractivity contribution in [1.82, 2.24) is 5.32 Å². The molecule has 1 amide bonds. The Balaban J connectivity index is 2.99. The van der Waals surface area contributed by atoms with Crippen molar-refractivity contribution in [2.75, 3.05) is 13.7 Å². The van der Waals surface area contributed by atoms with Gasteiger partial charge in [0.2, 0.25) is 0 Å². The number of ether oxygens (including phenoxy) is 1. The Morgan fingerprint density at radius 3 is 2.83 bits per heavy atom. The average molecular weight is 273 g/mol. The number of nitro benzene ring substituents is 1. The van der Waals surface area contributed by atoms with Crippen molar-refractivity contribution in [2.45, 2.75) is 13.0 Å². The largest absolute Gasteiger partial charge is 0.383 e. The monoisotopic (exact) mass is 272 g/mol. The zero-order valence-electron chi connectivity index (χ0n) is 9.97. The van der Waals surface area contributed by atoms with Gasteiger partial charge in [0, 0.05) is 13.2 Å². The molecule has 0 saturated heterocycles. The topological polar surface area (TPSA) is 81.5 Å². The molecule has 1 atom stereocenters. The van der Waals surface area contributed by atoms with Gasteiger partial charge in [-0.2, -0.15) is 0 Å². The normalized spacial score (nSPS) is 11.9. The fourth-order valence-corrected chi connectivity index (χ4v) is 1.72. The highest BCUT2D eigenvalue weighted by atomic mass is 35.5. The van der Waals surface area contributed by atoms with Gasteiger partial charge in [0.15, 0.2) is 0 Å². The van der Waals surface area contributed by atoms with E-state index in [1.807, 2.05) is 0 Å². The van der Waals surface area contributed by atoms with Crippen LogP contribution in [0.3, 0.4) is 0 Å². The lowest BCUT2D eigenvalue weighted by atomic mass is 10.1. The Kier molecular flexibility index (Phi) is 5.06. The number of hydrogen-bond donors (Lipinski definition) is 1. The third kappa shape index (κ3) is 3.41. The molecule has 0 bridgehead atoms. The first-order valence-corrected chi connectivity index (χ1v) is 5.58. The average Bonchev–Trinajstić information content (AvgIpc) is 2.28. The smallest absolute Gasteiger partial charge is 0.300 e. The molecule has 0 radical (unpaired) electrons. The van der Waals surface area contributed by atoms with Crippen molar-refractivity contribution >= 4 is 23.2 Å². The van der Waals surface area contributed by atoms with E-state index in [1.165, 1.54) is 25.3 Å².